The van der Waals surface area contributed by atoms with E-state index in [9.17, 15) is 4.79 Å². The summed E-state index contributed by atoms with van der Waals surface area (Å²) < 4.78 is 9.81. The van der Waals surface area contributed by atoms with Crippen molar-refractivity contribution in [2.45, 2.75) is 24.7 Å². The van der Waals surface area contributed by atoms with E-state index in [1.807, 2.05) is 18.2 Å². The van der Waals surface area contributed by atoms with Gasteiger partial charge in [0.2, 0.25) is 5.91 Å². The van der Waals surface area contributed by atoms with Crippen LogP contribution in [0.15, 0.2) is 18.2 Å². The van der Waals surface area contributed by atoms with Crippen LogP contribution < -0.4 is 14.8 Å². The number of carbonyl (C=O) groups is 1. The summed E-state index contributed by atoms with van der Waals surface area (Å²) >= 11 is 3.31. The van der Waals surface area contributed by atoms with Gasteiger partial charge in [-0.25, -0.2) is 0 Å². The van der Waals surface area contributed by atoms with Crippen LogP contribution in [0.4, 0.5) is 0 Å². The molecule has 0 heterocycles. The van der Waals surface area contributed by atoms with Gasteiger partial charge in [-0.2, -0.15) is 0 Å². The zero-order valence-electron chi connectivity index (χ0n) is 11.0. The summed E-state index contributed by atoms with van der Waals surface area (Å²) in [7, 11) is 3.20. The van der Waals surface area contributed by atoms with E-state index >= 15 is 0 Å². The molecule has 1 amide bonds. The fourth-order valence-electron chi connectivity index (χ4n) is 1.41. The number of methoxy groups -OCH3 is 2. The first-order chi connectivity index (χ1) is 8.38. The van der Waals surface area contributed by atoms with E-state index in [4.69, 9.17) is 9.47 Å². The number of benzene rings is 1. The number of carbonyl (C=O) groups excluding carboxylic acids is 1. The predicted molar refractivity (Wildman–Crippen MR) is 74.4 cm³/mol. The van der Waals surface area contributed by atoms with Crippen molar-refractivity contribution in [3.8, 4) is 11.5 Å². The van der Waals surface area contributed by atoms with Gasteiger partial charge in [0.15, 0.2) is 0 Å². The van der Waals surface area contributed by atoms with Gasteiger partial charge in [0.25, 0.3) is 0 Å². The molecule has 1 rings (SSSR count). The van der Waals surface area contributed by atoms with E-state index in [-0.39, 0.29) is 5.91 Å². The minimum absolute atomic E-state index is 0.0765. The van der Waals surface area contributed by atoms with E-state index in [2.05, 4.69) is 21.2 Å². The number of alkyl halides is 1. The van der Waals surface area contributed by atoms with Crippen LogP contribution in [0.5, 0.6) is 11.5 Å². The van der Waals surface area contributed by atoms with Gasteiger partial charge in [0, 0.05) is 12.1 Å². The molecule has 0 atom stereocenters. The highest BCUT2D eigenvalue weighted by Crippen LogP contribution is 2.24. The van der Waals surface area contributed by atoms with Crippen LogP contribution in [0.25, 0.3) is 0 Å². The maximum absolute atomic E-state index is 11.8. The van der Waals surface area contributed by atoms with Gasteiger partial charge in [-0.3, -0.25) is 4.79 Å². The van der Waals surface area contributed by atoms with Crippen LogP contribution in [-0.4, -0.2) is 24.5 Å². The third kappa shape index (κ3) is 3.91. The molecule has 1 N–H and O–H groups in total. The highest BCUT2D eigenvalue weighted by Gasteiger charge is 2.23. The Morgan fingerprint density at radius 3 is 2.50 bits per heavy atom. The minimum Gasteiger partial charge on any atom is -0.497 e. The zero-order chi connectivity index (χ0) is 13.8. The van der Waals surface area contributed by atoms with Crippen molar-refractivity contribution in [2.75, 3.05) is 14.2 Å². The second-order valence-corrected chi connectivity index (χ2v) is 6.32. The average molecular weight is 316 g/mol. The van der Waals surface area contributed by atoms with Crippen molar-refractivity contribution in [3.05, 3.63) is 23.8 Å². The van der Waals surface area contributed by atoms with E-state index in [0.717, 1.165) is 17.1 Å². The first-order valence-electron chi connectivity index (χ1n) is 5.56. The van der Waals surface area contributed by atoms with Gasteiger partial charge in [-0.15, -0.1) is 0 Å². The number of halogens is 1. The standard InChI is InChI=1S/C13H18BrNO3/c1-13(2,14)12(16)15-8-9-7-10(17-3)5-6-11(9)18-4/h5-7H,8H2,1-4H3,(H,15,16). The molecular formula is C13H18BrNO3. The molecule has 1 aromatic rings. The molecule has 0 aliphatic carbocycles. The second-order valence-electron chi connectivity index (χ2n) is 4.33. The molecule has 0 unspecified atom stereocenters. The molecule has 0 fully saturated rings. The van der Waals surface area contributed by atoms with E-state index in [1.165, 1.54) is 0 Å². The smallest absolute Gasteiger partial charge is 0.236 e. The predicted octanol–water partition coefficient (Wildman–Crippen LogP) is 2.49. The van der Waals surface area contributed by atoms with Crippen molar-refractivity contribution >= 4 is 21.8 Å². The quantitative estimate of drug-likeness (QED) is 0.849. The Labute approximate surface area is 116 Å². The Kier molecular flexibility index (Phi) is 5.02. The molecular weight excluding hydrogens is 298 g/mol. The lowest BCUT2D eigenvalue weighted by Crippen LogP contribution is -2.37. The first kappa shape index (κ1) is 14.8. The molecule has 100 valence electrons. The summed E-state index contributed by atoms with van der Waals surface area (Å²) in [6, 6.07) is 5.48. The zero-order valence-corrected chi connectivity index (χ0v) is 12.6. The fourth-order valence-corrected chi connectivity index (χ4v) is 1.55. The monoisotopic (exact) mass is 315 g/mol. The normalized spacial score (nSPS) is 10.9. The summed E-state index contributed by atoms with van der Waals surface area (Å²) in [5, 5.41) is 2.84. The number of rotatable bonds is 5. The molecule has 0 bridgehead atoms. The summed E-state index contributed by atoms with van der Waals surface area (Å²) in [5.41, 5.74) is 0.877. The van der Waals surface area contributed by atoms with E-state index in [1.54, 1.807) is 28.1 Å². The van der Waals surface area contributed by atoms with Gasteiger partial charge < -0.3 is 14.8 Å². The molecule has 0 aliphatic rings. The Morgan fingerprint density at radius 1 is 1.33 bits per heavy atom. The Balaban J connectivity index is 2.80. The lowest BCUT2D eigenvalue weighted by molar-refractivity contribution is -0.122. The number of hydrogen-bond acceptors (Lipinski definition) is 3. The van der Waals surface area contributed by atoms with Gasteiger partial charge in [0.05, 0.1) is 18.5 Å². The Bertz CT molecular complexity index is 427. The molecule has 1 aromatic carbocycles. The van der Waals surface area contributed by atoms with Crippen LogP contribution >= 0.6 is 15.9 Å². The third-order valence-electron chi connectivity index (χ3n) is 2.47. The van der Waals surface area contributed by atoms with Crippen molar-refractivity contribution in [2.24, 2.45) is 0 Å². The second kappa shape index (κ2) is 6.09. The molecule has 18 heavy (non-hydrogen) atoms. The van der Waals surface area contributed by atoms with Gasteiger partial charge in [-0.05, 0) is 32.0 Å². The van der Waals surface area contributed by atoms with Crippen LogP contribution in [0.2, 0.25) is 0 Å². The van der Waals surface area contributed by atoms with Crippen LogP contribution in [-0.2, 0) is 11.3 Å². The minimum atomic E-state index is -0.584. The van der Waals surface area contributed by atoms with Gasteiger partial charge >= 0.3 is 0 Å². The summed E-state index contributed by atoms with van der Waals surface area (Å²) in [5.74, 6) is 1.38. The summed E-state index contributed by atoms with van der Waals surface area (Å²) in [4.78, 5) is 11.8. The highest BCUT2D eigenvalue weighted by atomic mass is 79.9. The molecule has 0 aliphatic heterocycles. The van der Waals surface area contributed by atoms with Crippen LogP contribution in [0.3, 0.4) is 0 Å². The van der Waals surface area contributed by atoms with Crippen molar-refractivity contribution in [1.29, 1.82) is 0 Å². The molecule has 0 saturated carbocycles. The summed E-state index contributed by atoms with van der Waals surface area (Å²) in [6.07, 6.45) is 0. The first-order valence-corrected chi connectivity index (χ1v) is 6.36. The lowest BCUT2D eigenvalue weighted by atomic mass is 10.1. The van der Waals surface area contributed by atoms with Crippen LogP contribution in [0.1, 0.15) is 19.4 Å². The fraction of sp³-hybridized carbons (Fsp3) is 0.462. The van der Waals surface area contributed by atoms with Gasteiger partial charge in [0.1, 0.15) is 11.5 Å². The number of hydrogen-bond donors (Lipinski definition) is 1. The highest BCUT2D eigenvalue weighted by molar-refractivity contribution is 9.10. The maximum atomic E-state index is 11.8. The van der Waals surface area contributed by atoms with Crippen LogP contribution in [0, 0.1) is 0 Å². The Morgan fingerprint density at radius 2 is 2.00 bits per heavy atom. The number of ether oxygens (including phenoxy) is 2. The van der Waals surface area contributed by atoms with Crippen molar-refractivity contribution in [3.63, 3.8) is 0 Å². The topological polar surface area (TPSA) is 47.6 Å². The Hall–Kier alpha value is -1.23. The largest absolute Gasteiger partial charge is 0.497 e. The summed E-state index contributed by atoms with van der Waals surface area (Å²) in [6.45, 7) is 3.99. The average Bonchev–Trinajstić information content (AvgIpc) is 2.34. The van der Waals surface area contributed by atoms with Crippen molar-refractivity contribution < 1.29 is 14.3 Å². The number of amides is 1. The SMILES string of the molecule is COc1ccc(OC)c(CNC(=O)C(C)(C)Br)c1. The molecule has 0 saturated heterocycles. The molecule has 5 heteroatoms. The molecule has 4 nitrogen and oxygen atoms in total. The molecule has 0 aromatic heterocycles. The lowest BCUT2D eigenvalue weighted by Gasteiger charge is -2.17. The maximum Gasteiger partial charge on any atom is 0.236 e. The third-order valence-corrected chi connectivity index (χ3v) is 2.83. The van der Waals surface area contributed by atoms with Crippen molar-refractivity contribution in [1.82, 2.24) is 5.32 Å². The number of nitrogens with one attached hydrogen (secondary N) is 1. The van der Waals surface area contributed by atoms with Gasteiger partial charge in [-0.1, -0.05) is 15.9 Å². The van der Waals surface area contributed by atoms with E-state index in [0.29, 0.717) is 6.54 Å². The molecule has 0 spiro atoms. The van der Waals surface area contributed by atoms with E-state index < -0.39 is 4.32 Å². The molecule has 0 radical (unpaired) electrons.